The molecule has 2 aromatic carbocycles. The number of hydrogen-bond donors (Lipinski definition) is 2. The van der Waals surface area contributed by atoms with Gasteiger partial charge < -0.3 is 5.32 Å². The number of rotatable bonds is 8. The van der Waals surface area contributed by atoms with Crippen molar-refractivity contribution < 1.29 is 13.2 Å². The van der Waals surface area contributed by atoms with Gasteiger partial charge in [-0.1, -0.05) is 43.2 Å². The Hall–Kier alpha value is -2.18. The van der Waals surface area contributed by atoms with Crippen LogP contribution in [0.2, 0.25) is 0 Å². The van der Waals surface area contributed by atoms with E-state index in [1.54, 1.807) is 0 Å². The fraction of sp³-hybridized carbons (Fsp3) is 0.316. The number of carbonyl (C=O) groups is 1. The maximum atomic E-state index is 12.4. The number of amides is 1. The molecule has 5 nitrogen and oxygen atoms in total. The van der Waals surface area contributed by atoms with E-state index in [4.69, 9.17) is 0 Å². The molecule has 0 fully saturated rings. The second-order valence-electron chi connectivity index (χ2n) is 5.94. The number of aryl methyl sites for hydroxylation is 1. The van der Waals surface area contributed by atoms with Crippen LogP contribution < -0.4 is 10.0 Å². The molecule has 1 amide bonds. The molecule has 0 aliphatic rings. The van der Waals surface area contributed by atoms with Crippen LogP contribution in [0, 0.1) is 6.92 Å². The molecule has 0 saturated carbocycles. The van der Waals surface area contributed by atoms with Gasteiger partial charge in [0, 0.05) is 18.7 Å². The monoisotopic (exact) mass is 360 g/mol. The zero-order valence-electron chi connectivity index (χ0n) is 14.6. The van der Waals surface area contributed by atoms with Gasteiger partial charge in [-0.05, 0) is 43.2 Å². The van der Waals surface area contributed by atoms with Crippen molar-refractivity contribution in [2.75, 3.05) is 6.54 Å². The maximum absolute atomic E-state index is 12.4. The SMILES string of the molecule is CCCCNC(=O)c1ccc(S(=O)(=O)NCc2ccc(C)cc2)cc1. The fourth-order valence-electron chi connectivity index (χ4n) is 2.23. The molecule has 0 unspecified atom stereocenters. The van der Waals surface area contributed by atoms with E-state index in [-0.39, 0.29) is 17.3 Å². The largest absolute Gasteiger partial charge is 0.352 e. The molecule has 0 aliphatic carbocycles. The average Bonchev–Trinajstić information content (AvgIpc) is 2.61. The summed E-state index contributed by atoms with van der Waals surface area (Å²) in [6.45, 7) is 4.87. The maximum Gasteiger partial charge on any atom is 0.251 e. The van der Waals surface area contributed by atoms with Crippen LogP contribution in [-0.4, -0.2) is 20.9 Å². The van der Waals surface area contributed by atoms with Crippen molar-refractivity contribution in [2.24, 2.45) is 0 Å². The molecule has 6 heteroatoms. The van der Waals surface area contributed by atoms with E-state index in [2.05, 4.69) is 17.0 Å². The predicted molar refractivity (Wildman–Crippen MR) is 98.9 cm³/mol. The predicted octanol–water partition coefficient (Wildman–Crippen LogP) is 3.00. The zero-order valence-corrected chi connectivity index (χ0v) is 15.4. The van der Waals surface area contributed by atoms with E-state index >= 15 is 0 Å². The summed E-state index contributed by atoms with van der Waals surface area (Å²) in [6, 6.07) is 13.6. The summed E-state index contributed by atoms with van der Waals surface area (Å²) in [4.78, 5) is 12.1. The normalized spacial score (nSPS) is 11.3. The number of hydrogen-bond acceptors (Lipinski definition) is 3. The van der Waals surface area contributed by atoms with Gasteiger partial charge in [-0.25, -0.2) is 13.1 Å². The number of benzene rings is 2. The quantitative estimate of drug-likeness (QED) is 0.711. The van der Waals surface area contributed by atoms with Crippen LogP contribution >= 0.6 is 0 Å². The Bertz CT molecular complexity index is 798. The first-order chi connectivity index (χ1) is 11.9. The molecule has 0 saturated heterocycles. The van der Waals surface area contributed by atoms with Gasteiger partial charge in [-0.3, -0.25) is 4.79 Å². The van der Waals surface area contributed by atoms with E-state index < -0.39 is 10.0 Å². The highest BCUT2D eigenvalue weighted by atomic mass is 32.2. The zero-order chi connectivity index (χ0) is 18.3. The molecule has 0 atom stereocenters. The van der Waals surface area contributed by atoms with E-state index in [0.29, 0.717) is 12.1 Å². The van der Waals surface area contributed by atoms with Crippen LogP contribution in [0.3, 0.4) is 0 Å². The Morgan fingerprint density at radius 2 is 1.64 bits per heavy atom. The van der Waals surface area contributed by atoms with Crippen LogP contribution in [0.5, 0.6) is 0 Å². The third-order valence-electron chi connectivity index (χ3n) is 3.83. The van der Waals surface area contributed by atoms with Crippen molar-refractivity contribution in [1.82, 2.24) is 10.0 Å². The summed E-state index contributed by atoms with van der Waals surface area (Å²) < 4.78 is 27.3. The van der Waals surface area contributed by atoms with Crippen molar-refractivity contribution in [3.8, 4) is 0 Å². The molecule has 0 heterocycles. The first-order valence-corrected chi connectivity index (χ1v) is 9.84. The van der Waals surface area contributed by atoms with Gasteiger partial charge in [0.2, 0.25) is 10.0 Å². The molecule has 0 aromatic heterocycles. The van der Waals surface area contributed by atoms with Crippen molar-refractivity contribution >= 4 is 15.9 Å². The van der Waals surface area contributed by atoms with E-state index in [9.17, 15) is 13.2 Å². The van der Waals surface area contributed by atoms with Gasteiger partial charge in [-0.2, -0.15) is 0 Å². The Balaban J connectivity index is 1.99. The lowest BCUT2D eigenvalue weighted by Crippen LogP contribution is -2.25. The summed E-state index contributed by atoms with van der Waals surface area (Å²) >= 11 is 0. The summed E-state index contributed by atoms with van der Waals surface area (Å²) in [5, 5.41) is 2.81. The standard InChI is InChI=1S/C19H24N2O3S/c1-3-4-13-20-19(22)17-9-11-18(12-10-17)25(23,24)21-14-16-7-5-15(2)6-8-16/h5-12,21H,3-4,13-14H2,1-2H3,(H,20,22). The number of sulfonamides is 1. The Morgan fingerprint density at radius 3 is 2.24 bits per heavy atom. The minimum absolute atomic E-state index is 0.143. The number of carbonyl (C=O) groups excluding carboxylic acids is 1. The van der Waals surface area contributed by atoms with Gasteiger partial charge in [0.05, 0.1) is 4.90 Å². The molecule has 0 radical (unpaired) electrons. The minimum atomic E-state index is -3.61. The Morgan fingerprint density at radius 1 is 1.00 bits per heavy atom. The molecular formula is C19H24N2O3S. The van der Waals surface area contributed by atoms with Crippen LogP contribution in [-0.2, 0) is 16.6 Å². The van der Waals surface area contributed by atoms with Crippen LogP contribution in [0.15, 0.2) is 53.4 Å². The Labute approximate surface area is 149 Å². The van der Waals surface area contributed by atoms with Crippen molar-refractivity contribution in [1.29, 1.82) is 0 Å². The summed E-state index contributed by atoms with van der Waals surface area (Å²) in [5.74, 6) is -0.190. The summed E-state index contributed by atoms with van der Waals surface area (Å²) in [5.41, 5.74) is 2.47. The average molecular weight is 360 g/mol. The van der Waals surface area contributed by atoms with E-state index in [1.807, 2.05) is 31.2 Å². The number of nitrogens with one attached hydrogen (secondary N) is 2. The highest BCUT2D eigenvalue weighted by molar-refractivity contribution is 7.89. The molecular weight excluding hydrogens is 336 g/mol. The van der Waals surface area contributed by atoms with E-state index in [1.165, 1.54) is 24.3 Å². The molecule has 2 N–H and O–H groups in total. The summed E-state index contributed by atoms with van der Waals surface area (Å²) in [6.07, 6.45) is 1.92. The molecule has 0 bridgehead atoms. The summed E-state index contributed by atoms with van der Waals surface area (Å²) in [7, 11) is -3.61. The van der Waals surface area contributed by atoms with Crippen molar-refractivity contribution in [3.63, 3.8) is 0 Å². The smallest absolute Gasteiger partial charge is 0.251 e. The van der Waals surface area contributed by atoms with Gasteiger partial charge in [-0.15, -0.1) is 0 Å². The molecule has 0 spiro atoms. The van der Waals surface area contributed by atoms with Crippen LogP contribution in [0.25, 0.3) is 0 Å². The van der Waals surface area contributed by atoms with Gasteiger partial charge in [0.25, 0.3) is 5.91 Å². The first kappa shape index (κ1) is 19.1. The van der Waals surface area contributed by atoms with Gasteiger partial charge in [0.15, 0.2) is 0 Å². The lowest BCUT2D eigenvalue weighted by Gasteiger charge is -2.08. The Kier molecular flexibility index (Phi) is 6.73. The molecule has 0 aliphatic heterocycles. The fourth-order valence-corrected chi connectivity index (χ4v) is 3.25. The van der Waals surface area contributed by atoms with Crippen LogP contribution in [0.4, 0.5) is 0 Å². The minimum Gasteiger partial charge on any atom is -0.352 e. The lowest BCUT2D eigenvalue weighted by atomic mass is 10.2. The highest BCUT2D eigenvalue weighted by Crippen LogP contribution is 2.12. The first-order valence-electron chi connectivity index (χ1n) is 8.36. The van der Waals surface area contributed by atoms with Crippen molar-refractivity contribution in [3.05, 3.63) is 65.2 Å². The van der Waals surface area contributed by atoms with Crippen molar-refractivity contribution in [2.45, 2.75) is 38.1 Å². The second kappa shape index (κ2) is 8.78. The molecule has 2 aromatic rings. The lowest BCUT2D eigenvalue weighted by molar-refractivity contribution is 0.0953. The highest BCUT2D eigenvalue weighted by Gasteiger charge is 2.14. The molecule has 25 heavy (non-hydrogen) atoms. The second-order valence-corrected chi connectivity index (χ2v) is 7.71. The molecule has 2 rings (SSSR count). The third kappa shape index (κ3) is 5.69. The van der Waals surface area contributed by atoms with E-state index in [0.717, 1.165) is 24.0 Å². The molecule has 134 valence electrons. The van der Waals surface area contributed by atoms with Gasteiger partial charge >= 0.3 is 0 Å². The topological polar surface area (TPSA) is 75.3 Å². The third-order valence-corrected chi connectivity index (χ3v) is 5.25. The van der Waals surface area contributed by atoms with Crippen LogP contribution in [0.1, 0.15) is 41.3 Å². The number of unbranched alkanes of at least 4 members (excludes halogenated alkanes) is 1. The van der Waals surface area contributed by atoms with Gasteiger partial charge in [0.1, 0.15) is 0 Å².